The predicted octanol–water partition coefficient (Wildman–Crippen LogP) is 4.36. The molecule has 1 aromatic heterocycles. The Hall–Kier alpha value is -4.19. The van der Waals surface area contributed by atoms with Crippen LogP contribution in [0.2, 0.25) is 0 Å². The van der Waals surface area contributed by atoms with E-state index in [1.165, 1.54) is 17.3 Å². The number of aryl methyl sites for hydroxylation is 1. The number of hydrogen-bond acceptors (Lipinski definition) is 4. The van der Waals surface area contributed by atoms with Crippen molar-refractivity contribution in [3.05, 3.63) is 118 Å². The molecule has 1 aliphatic rings. The molecule has 4 aromatic rings. The fraction of sp³-hybridized carbons (Fsp3) is 0.148. The SMILES string of the molecule is Cc1cc(=O)c(C(=O)Nc2ccc(CN3CCc4ccccc43)cc2)nn1-c1ccccc1. The van der Waals surface area contributed by atoms with Crippen molar-refractivity contribution in [1.82, 2.24) is 9.78 Å². The van der Waals surface area contributed by atoms with Gasteiger partial charge in [0.05, 0.1) is 5.69 Å². The van der Waals surface area contributed by atoms with Crippen molar-refractivity contribution in [1.29, 1.82) is 0 Å². The number of para-hydroxylation sites is 2. The normalized spacial score (nSPS) is 12.5. The lowest BCUT2D eigenvalue weighted by Crippen LogP contribution is -2.26. The van der Waals surface area contributed by atoms with Gasteiger partial charge in [0.2, 0.25) is 5.43 Å². The smallest absolute Gasteiger partial charge is 0.280 e. The number of fused-ring (bicyclic) bond motifs is 1. The molecule has 164 valence electrons. The van der Waals surface area contributed by atoms with E-state index in [2.05, 4.69) is 39.6 Å². The molecule has 33 heavy (non-hydrogen) atoms. The Morgan fingerprint density at radius 3 is 2.48 bits per heavy atom. The van der Waals surface area contributed by atoms with E-state index in [0.717, 1.165) is 30.8 Å². The Kier molecular flexibility index (Phi) is 5.48. The zero-order chi connectivity index (χ0) is 22.8. The molecule has 0 saturated carbocycles. The molecular weight excluding hydrogens is 412 g/mol. The van der Waals surface area contributed by atoms with Crippen LogP contribution in [0.1, 0.15) is 27.3 Å². The lowest BCUT2D eigenvalue weighted by Gasteiger charge is -2.19. The number of amides is 1. The molecule has 0 fully saturated rings. The van der Waals surface area contributed by atoms with E-state index in [1.54, 1.807) is 11.6 Å². The largest absolute Gasteiger partial charge is 0.367 e. The summed E-state index contributed by atoms with van der Waals surface area (Å²) >= 11 is 0. The maximum Gasteiger partial charge on any atom is 0.280 e. The summed E-state index contributed by atoms with van der Waals surface area (Å²) in [5.41, 5.74) is 5.36. The Labute approximate surface area is 192 Å². The molecule has 3 aromatic carbocycles. The molecule has 0 unspecified atom stereocenters. The number of carbonyl (C=O) groups is 1. The summed E-state index contributed by atoms with van der Waals surface area (Å²) in [6.07, 6.45) is 1.06. The summed E-state index contributed by atoms with van der Waals surface area (Å²) in [6.45, 7) is 3.61. The van der Waals surface area contributed by atoms with Gasteiger partial charge in [0.1, 0.15) is 0 Å². The number of nitrogens with one attached hydrogen (secondary N) is 1. The van der Waals surface area contributed by atoms with Crippen molar-refractivity contribution < 1.29 is 4.79 Å². The van der Waals surface area contributed by atoms with Crippen LogP contribution in [0.5, 0.6) is 0 Å². The van der Waals surface area contributed by atoms with Crippen LogP contribution in [0.3, 0.4) is 0 Å². The summed E-state index contributed by atoms with van der Waals surface area (Å²) in [6, 6.07) is 27.1. The molecule has 0 bridgehead atoms. The lowest BCUT2D eigenvalue weighted by molar-refractivity contribution is 0.101. The summed E-state index contributed by atoms with van der Waals surface area (Å²) in [5, 5.41) is 7.14. The average Bonchev–Trinajstić information content (AvgIpc) is 3.24. The highest BCUT2D eigenvalue weighted by Crippen LogP contribution is 2.29. The molecule has 0 atom stereocenters. The molecule has 0 spiro atoms. The van der Waals surface area contributed by atoms with Gasteiger partial charge in [-0.05, 0) is 54.8 Å². The highest BCUT2D eigenvalue weighted by atomic mass is 16.2. The van der Waals surface area contributed by atoms with Gasteiger partial charge in [0.15, 0.2) is 5.69 Å². The van der Waals surface area contributed by atoms with Gasteiger partial charge in [-0.2, -0.15) is 5.10 Å². The fourth-order valence-corrected chi connectivity index (χ4v) is 4.21. The molecule has 0 aliphatic carbocycles. The second-order valence-corrected chi connectivity index (χ2v) is 8.20. The van der Waals surface area contributed by atoms with Crippen LogP contribution >= 0.6 is 0 Å². The van der Waals surface area contributed by atoms with Crippen LogP contribution in [0.4, 0.5) is 11.4 Å². The second kappa shape index (κ2) is 8.74. The average molecular weight is 437 g/mol. The number of carbonyl (C=O) groups excluding carboxylic acids is 1. The van der Waals surface area contributed by atoms with Gasteiger partial charge in [-0.15, -0.1) is 0 Å². The van der Waals surface area contributed by atoms with E-state index >= 15 is 0 Å². The first-order valence-electron chi connectivity index (χ1n) is 11.0. The van der Waals surface area contributed by atoms with Crippen molar-refractivity contribution in [2.45, 2.75) is 19.9 Å². The van der Waals surface area contributed by atoms with Gasteiger partial charge >= 0.3 is 0 Å². The van der Waals surface area contributed by atoms with Gasteiger partial charge in [-0.3, -0.25) is 9.59 Å². The molecule has 1 aliphatic heterocycles. The molecule has 0 saturated heterocycles. The first-order chi connectivity index (χ1) is 16.1. The zero-order valence-electron chi connectivity index (χ0n) is 18.4. The van der Waals surface area contributed by atoms with Crippen molar-refractivity contribution in [3.63, 3.8) is 0 Å². The number of rotatable bonds is 5. The molecule has 1 N–H and O–H groups in total. The van der Waals surface area contributed by atoms with Gasteiger partial charge in [0, 0.05) is 36.2 Å². The molecule has 0 radical (unpaired) electrons. The van der Waals surface area contributed by atoms with Crippen LogP contribution in [-0.2, 0) is 13.0 Å². The standard InChI is InChI=1S/C27H24N4O2/c1-19-17-25(32)26(29-31(19)23-8-3-2-4-9-23)27(33)28-22-13-11-20(12-14-22)18-30-16-15-21-7-5-6-10-24(21)30/h2-14,17H,15-16,18H2,1H3,(H,28,33). The lowest BCUT2D eigenvalue weighted by atomic mass is 10.1. The molecule has 5 rings (SSSR count). The number of aromatic nitrogens is 2. The topological polar surface area (TPSA) is 67.2 Å². The van der Waals surface area contributed by atoms with Gasteiger partial charge in [0.25, 0.3) is 5.91 Å². The van der Waals surface area contributed by atoms with Crippen molar-refractivity contribution in [3.8, 4) is 5.69 Å². The Bertz CT molecular complexity index is 1360. The van der Waals surface area contributed by atoms with E-state index in [1.807, 2.05) is 54.6 Å². The number of benzene rings is 3. The minimum absolute atomic E-state index is 0.137. The van der Waals surface area contributed by atoms with E-state index < -0.39 is 11.3 Å². The van der Waals surface area contributed by atoms with Crippen LogP contribution in [0.25, 0.3) is 5.69 Å². The summed E-state index contributed by atoms with van der Waals surface area (Å²) in [4.78, 5) is 27.7. The van der Waals surface area contributed by atoms with Crippen LogP contribution in [-0.4, -0.2) is 22.2 Å². The first kappa shape index (κ1) is 20.7. The Morgan fingerprint density at radius 1 is 0.970 bits per heavy atom. The van der Waals surface area contributed by atoms with Gasteiger partial charge < -0.3 is 10.2 Å². The third-order valence-corrected chi connectivity index (χ3v) is 5.89. The van der Waals surface area contributed by atoms with Gasteiger partial charge in [-0.25, -0.2) is 4.68 Å². The molecule has 2 heterocycles. The number of nitrogens with zero attached hydrogens (tertiary/aromatic N) is 3. The third kappa shape index (κ3) is 4.28. The van der Waals surface area contributed by atoms with E-state index in [0.29, 0.717) is 11.4 Å². The highest BCUT2D eigenvalue weighted by Gasteiger charge is 2.19. The maximum absolute atomic E-state index is 12.8. The predicted molar refractivity (Wildman–Crippen MR) is 130 cm³/mol. The highest BCUT2D eigenvalue weighted by molar-refractivity contribution is 6.02. The van der Waals surface area contributed by atoms with E-state index in [4.69, 9.17) is 0 Å². The maximum atomic E-state index is 12.8. The number of hydrogen-bond donors (Lipinski definition) is 1. The van der Waals surface area contributed by atoms with Crippen LogP contribution in [0, 0.1) is 6.92 Å². The van der Waals surface area contributed by atoms with Crippen LogP contribution < -0.4 is 15.6 Å². The minimum atomic E-state index is -0.522. The zero-order valence-corrected chi connectivity index (χ0v) is 18.4. The third-order valence-electron chi connectivity index (χ3n) is 5.89. The van der Waals surface area contributed by atoms with E-state index in [-0.39, 0.29) is 5.69 Å². The van der Waals surface area contributed by atoms with Crippen molar-refractivity contribution in [2.75, 3.05) is 16.8 Å². The summed E-state index contributed by atoms with van der Waals surface area (Å²) in [7, 11) is 0. The van der Waals surface area contributed by atoms with Crippen molar-refractivity contribution >= 4 is 17.3 Å². The summed E-state index contributed by atoms with van der Waals surface area (Å²) in [5.74, 6) is -0.522. The quantitative estimate of drug-likeness (QED) is 0.505. The first-order valence-corrected chi connectivity index (χ1v) is 11.0. The van der Waals surface area contributed by atoms with Crippen molar-refractivity contribution in [2.24, 2.45) is 0 Å². The summed E-state index contributed by atoms with van der Waals surface area (Å²) < 4.78 is 1.60. The Balaban J connectivity index is 1.31. The Morgan fingerprint density at radius 2 is 1.70 bits per heavy atom. The second-order valence-electron chi connectivity index (χ2n) is 8.20. The number of anilines is 2. The van der Waals surface area contributed by atoms with Crippen LogP contribution in [0.15, 0.2) is 89.7 Å². The molecule has 6 nitrogen and oxygen atoms in total. The van der Waals surface area contributed by atoms with Gasteiger partial charge in [-0.1, -0.05) is 48.5 Å². The molecular formula is C27H24N4O2. The fourth-order valence-electron chi connectivity index (χ4n) is 4.21. The minimum Gasteiger partial charge on any atom is -0.367 e. The molecule has 1 amide bonds. The monoisotopic (exact) mass is 436 g/mol. The van der Waals surface area contributed by atoms with E-state index in [9.17, 15) is 9.59 Å². The molecule has 6 heteroatoms.